The minimum atomic E-state index is -0.726. The quantitative estimate of drug-likeness (QED) is 0.582. The van der Waals surface area contributed by atoms with E-state index in [1.165, 1.54) is 0 Å². The van der Waals surface area contributed by atoms with E-state index < -0.39 is 11.2 Å². The van der Waals surface area contributed by atoms with E-state index in [0.29, 0.717) is 0 Å². The highest BCUT2D eigenvalue weighted by molar-refractivity contribution is 8.00. The largest absolute Gasteiger partial charge is 0.387 e. The standard InChI is InChI=1S/C7H12O2S/c8-6(2-1-3-6)7(9)4-10-5-7/h8-9H,1-5H2. The molecule has 0 atom stereocenters. The Morgan fingerprint density at radius 1 is 1.00 bits per heavy atom. The first-order valence-electron chi connectivity index (χ1n) is 3.69. The molecule has 1 saturated heterocycles. The first kappa shape index (κ1) is 6.95. The Morgan fingerprint density at radius 3 is 1.70 bits per heavy atom. The fraction of sp³-hybridized carbons (Fsp3) is 1.00. The first-order chi connectivity index (χ1) is 4.66. The monoisotopic (exact) mass is 160 g/mol. The van der Waals surface area contributed by atoms with Gasteiger partial charge >= 0.3 is 0 Å². The van der Waals surface area contributed by atoms with Crippen LogP contribution < -0.4 is 0 Å². The van der Waals surface area contributed by atoms with Crippen LogP contribution in [-0.2, 0) is 0 Å². The summed E-state index contributed by atoms with van der Waals surface area (Å²) in [4.78, 5) is 0. The molecular weight excluding hydrogens is 148 g/mol. The lowest BCUT2D eigenvalue weighted by Gasteiger charge is -2.53. The molecule has 0 bridgehead atoms. The average Bonchev–Trinajstić information content (AvgIpc) is 1.77. The Hall–Kier alpha value is 0.270. The maximum Gasteiger partial charge on any atom is 0.111 e. The minimum Gasteiger partial charge on any atom is -0.387 e. The molecular formula is C7H12O2S. The third kappa shape index (κ3) is 0.684. The van der Waals surface area contributed by atoms with Crippen molar-refractivity contribution in [2.45, 2.75) is 30.5 Å². The molecule has 2 N–H and O–H groups in total. The van der Waals surface area contributed by atoms with Crippen molar-refractivity contribution in [1.29, 1.82) is 0 Å². The third-order valence-electron chi connectivity index (χ3n) is 2.73. The lowest BCUT2D eigenvalue weighted by molar-refractivity contribution is -0.173. The summed E-state index contributed by atoms with van der Waals surface area (Å²) in [5, 5.41) is 19.4. The second-order valence-corrected chi connectivity index (χ2v) is 4.40. The molecule has 0 aromatic carbocycles. The molecule has 1 saturated carbocycles. The van der Waals surface area contributed by atoms with Crippen molar-refractivity contribution in [3.05, 3.63) is 0 Å². The van der Waals surface area contributed by atoms with E-state index in [0.717, 1.165) is 30.8 Å². The van der Waals surface area contributed by atoms with E-state index >= 15 is 0 Å². The molecule has 0 aromatic rings. The van der Waals surface area contributed by atoms with Crippen LogP contribution in [0.15, 0.2) is 0 Å². The number of thioether (sulfide) groups is 1. The SMILES string of the molecule is OC1(C2(O)CSC2)CCC1. The van der Waals surface area contributed by atoms with Crippen molar-refractivity contribution in [2.75, 3.05) is 11.5 Å². The summed E-state index contributed by atoms with van der Waals surface area (Å²) in [5.74, 6) is 1.45. The minimum absolute atomic E-state index is 0.710. The predicted octanol–water partition coefficient (Wildman–Crippen LogP) is 0.379. The van der Waals surface area contributed by atoms with Crippen LogP contribution in [0.3, 0.4) is 0 Å². The van der Waals surface area contributed by atoms with Gasteiger partial charge in [0.2, 0.25) is 0 Å². The Morgan fingerprint density at radius 2 is 1.60 bits per heavy atom. The van der Waals surface area contributed by atoms with Gasteiger partial charge in [-0.2, -0.15) is 11.8 Å². The Balaban J connectivity index is 2.08. The van der Waals surface area contributed by atoms with Gasteiger partial charge in [-0.05, 0) is 19.3 Å². The van der Waals surface area contributed by atoms with E-state index in [-0.39, 0.29) is 0 Å². The van der Waals surface area contributed by atoms with Gasteiger partial charge in [-0.25, -0.2) is 0 Å². The maximum atomic E-state index is 9.73. The van der Waals surface area contributed by atoms with E-state index in [1.807, 2.05) is 0 Å². The molecule has 0 spiro atoms. The van der Waals surface area contributed by atoms with Crippen LogP contribution in [0.25, 0.3) is 0 Å². The van der Waals surface area contributed by atoms with Crippen LogP contribution in [0.1, 0.15) is 19.3 Å². The second-order valence-electron chi connectivity index (χ2n) is 3.41. The van der Waals surface area contributed by atoms with Crippen molar-refractivity contribution in [1.82, 2.24) is 0 Å². The molecule has 0 radical (unpaired) electrons. The van der Waals surface area contributed by atoms with Gasteiger partial charge in [-0.1, -0.05) is 0 Å². The van der Waals surface area contributed by atoms with Crippen LogP contribution >= 0.6 is 11.8 Å². The molecule has 2 aliphatic rings. The van der Waals surface area contributed by atoms with Gasteiger partial charge in [-0.3, -0.25) is 0 Å². The topological polar surface area (TPSA) is 40.5 Å². The molecule has 0 amide bonds. The van der Waals surface area contributed by atoms with Gasteiger partial charge in [0.1, 0.15) is 5.60 Å². The van der Waals surface area contributed by atoms with Crippen molar-refractivity contribution in [3.63, 3.8) is 0 Å². The summed E-state index contributed by atoms with van der Waals surface area (Å²) in [5.41, 5.74) is -1.44. The van der Waals surface area contributed by atoms with Crippen LogP contribution in [0, 0.1) is 0 Å². The lowest BCUT2D eigenvalue weighted by Crippen LogP contribution is -2.65. The smallest absolute Gasteiger partial charge is 0.111 e. The zero-order valence-electron chi connectivity index (χ0n) is 5.84. The number of rotatable bonds is 1. The van der Waals surface area contributed by atoms with Gasteiger partial charge in [0, 0.05) is 11.5 Å². The molecule has 1 aliphatic carbocycles. The normalized spacial score (nSPS) is 34.2. The predicted molar refractivity (Wildman–Crippen MR) is 41.1 cm³/mol. The van der Waals surface area contributed by atoms with Crippen molar-refractivity contribution >= 4 is 11.8 Å². The van der Waals surface area contributed by atoms with Gasteiger partial charge in [0.25, 0.3) is 0 Å². The number of hydrogen-bond acceptors (Lipinski definition) is 3. The Bertz CT molecular complexity index is 132. The average molecular weight is 160 g/mol. The fourth-order valence-corrected chi connectivity index (χ4v) is 2.67. The highest BCUT2D eigenvalue weighted by Crippen LogP contribution is 2.48. The molecule has 2 fully saturated rings. The summed E-state index contributed by atoms with van der Waals surface area (Å²) >= 11 is 1.71. The van der Waals surface area contributed by atoms with Crippen LogP contribution in [0.4, 0.5) is 0 Å². The molecule has 1 heterocycles. The highest BCUT2D eigenvalue weighted by atomic mass is 32.2. The van der Waals surface area contributed by atoms with Gasteiger partial charge in [-0.15, -0.1) is 0 Å². The number of aliphatic hydroxyl groups is 2. The zero-order valence-corrected chi connectivity index (χ0v) is 6.65. The zero-order chi connectivity index (χ0) is 7.24. The van der Waals surface area contributed by atoms with Gasteiger partial charge < -0.3 is 10.2 Å². The lowest BCUT2D eigenvalue weighted by atomic mass is 9.69. The molecule has 0 unspecified atom stereocenters. The van der Waals surface area contributed by atoms with Crippen molar-refractivity contribution in [2.24, 2.45) is 0 Å². The molecule has 2 rings (SSSR count). The van der Waals surface area contributed by atoms with Crippen LogP contribution in [-0.4, -0.2) is 32.9 Å². The summed E-state index contributed by atoms with van der Waals surface area (Å²) in [6.45, 7) is 0. The molecule has 1 aliphatic heterocycles. The van der Waals surface area contributed by atoms with E-state index in [9.17, 15) is 10.2 Å². The van der Waals surface area contributed by atoms with E-state index in [1.54, 1.807) is 11.8 Å². The van der Waals surface area contributed by atoms with E-state index in [4.69, 9.17) is 0 Å². The molecule has 10 heavy (non-hydrogen) atoms. The summed E-state index contributed by atoms with van der Waals surface area (Å²) < 4.78 is 0. The van der Waals surface area contributed by atoms with Crippen LogP contribution in [0.5, 0.6) is 0 Å². The van der Waals surface area contributed by atoms with Crippen molar-refractivity contribution < 1.29 is 10.2 Å². The Kier molecular flexibility index (Phi) is 1.32. The molecule has 58 valence electrons. The maximum absolute atomic E-state index is 9.73. The van der Waals surface area contributed by atoms with Gasteiger partial charge in [0.15, 0.2) is 0 Å². The summed E-state index contributed by atoms with van der Waals surface area (Å²) in [7, 11) is 0. The second kappa shape index (κ2) is 1.90. The molecule has 2 nitrogen and oxygen atoms in total. The number of hydrogen-bond donors (Lipinski definition) is 2. The van der Waals surface area contributed by atoms with E-state index in [2.05, 4.69) is 0 Å². The van der Waals surface area contributed by atoms with Crippen molar-refractivity contribution in [3.8, 4) is 0 Å². The molecule has 3 heteroatoms. The summed E-state index contributed by atoms with van der Waals surface area (Å²) in [6.07, 6.45) is 2.66. The van der Waals surface area contributed by atoms with Gasteiger partial charge in [0.05, 0.1) is 5.60 Å². The Labute approximate surface area is 64.6 Å². The molecule has 0 aromatic heterocycles. The highest BCUT2D eigenvalue weighted by Gasteiger charge is 2.56. The third-order valence-corrected chi connectivity index (χ3v) is 4.09. The van der Waals surface area contributed by atoms with Crippen LogP contribution in [0.2, 0.25) is 0 Å². The fourth-order valence-electron chi connectivity index (χ4n) is 1.54. The summed E-state index contributed by atoms with van der Waals surface area (Å²) in [6, 6.07) is 0. The first-order valence-corrected chi connectivity index (χ1v) is 4.84.